The van der Waals surface area contributed by atoms with Crippen molar-refractivity contribution >= 4 is 40.3 Å². The summed E-state index contributed by atoms with van der Waals surface area (Å²) in [5, 5.41) is 22.3. The van der Waals surface area contributed by atoms with E-state index in [1.807, 2.05) is 6.07 Å². The largest absolute Gasteiger partial charge is 0.480 e. The van der Waals surface area contributed by atoms with Gasteiger partial charge in [0.2, 0.25) is 0 Å². The Balaban J connectivity index is 2.57. The van der Waals surface area contributed by atoms with Crippen LogP contribution in [0, 0.1) is 3.57 Å². The van der Waals surface area contributed by atoms with Crippen molar-refractivity contribution < 1.29 is 19.8 Å². The number of hydrogen-bond donors (Lipinski definition) is 4. The number of aliphatic hydroxyl groups is 1. The molecule has 0 aliphatic heterocycles. The summed E-state index contributed by atoms with van der Waals surface area (Å²) in [4.78, 5) is 22.3. The van der Waals surface area contributed by atoms with Crippen LogP contribution in [0.3, 0.4) is 0 Å². The number of aliphatic hydroxyl groups excluding tert-OH is 1. The van der Waals surface area contributed by atoms with Crippen molar-refractivity contribution in [1.82, 2.24) is 5.32 Å². The molecule has 0 fully saturated rings. The fourth-order valence-electron chi connectivity index (χ4n) is 1.28. The Kier molecular flexibility index (Phi) is 5.86. The zero-order valence-corrected chi connectivity index (χ0v) is 11.5. The molecule has 0 heterocycles. The maximum atomic E-state index is 11.5. The van der Waals surface area contributed by atoms with E-state index in [9.17, 15) is 9.59 Å². The standard InChI is InChI=1S/C11H13IN2O4/c12-7-2-1-3-8(6-7)13-11(18)14-9(4-5-15)10(16)17/h1-3,6,9,15H,4-5H2,(H,16,17)(H2,13,14,18)/t9-/m0/s1. The van der Waals surface area contributed by atoms with E-state index in [-0.39, 0.29) is 13.0 Å². The molecule has 0 spiro atoms. The van der Waals surface area contributed by atoms with Gasteiger partial charge in [-0.05, 0) is 40.8 Å². The monoisotopic (exact) mass is 364 g/mol. The third-order valence-corrected chi connectivity index (χ3v) is 2.77. The molecule has 18 heavy (non-hydrogen) atoms. The second-order valence-electron chi connectivity index (χ2n) is 3.51. The number of carboxylic acid groups (broad SMARTS) is 1. The number of halogens is 1. The van der Waals surface area contributed by atoms with Gasteiger partial charge in [-0.3, -0.25) is 0 Å². The van der Waals surface area contributed by atoms with Crippen LogP contribution in [0.15, 0.2) is 24.3 Å². The van der Waals surface area contributed by atoms with E-state index in [0.29, 0.717) is 5.69 Å². The van der Waals surface area contributed by atoms with E-state index in [1.165, 1.54) is 0 Å². The molecule has 1 rings (SSSR count). The third kappa shape index (κ3) is 4.88. The average Bonchev–Trinajstić information content (AvgIpc) is 2.28. The number of hydrogen-bond acceptors (Lipinski definition) is 3. The van der Waals surface area contributed by atoms with Crippen molar-refractivity contribution in [2.75, 3.05) is 11.9 Å². The molecule has 0 bridgehead atoms. The minimum absolute atomic E-state index is 0.0327. The zero-order valence-electron chi connectivity index (χ0n) is 9.39. The Hall–Kier alpha value is -1.35. The first kappa shape index (κ1) is 14.7. The van der Waals surface area contributed by atoms with Crippen LogP contribution in [0.25, 0.3) is 0 Å². The van der Waals surface area contributed by atoms with Gasteiger partial charge in [-0.1, -0.05) is 6.07 Å². The van der Waals surface area contributed by atoms with Gasteiger partial charge in [0.05, 0.1) is 0 Å². The summed E-state index contributed by atoms with van der Waals surface area (Å²) in [7, 11) is 0. The Bertz CT molecular complexity index is 439. The van der Waals surface area contributed by atoms with E-state index in [1.54, 1.807) is 18.2 Å². The molecular formula is C11H13IN2O4. The van der Waals surface area contributed by atoms with Crippen molar-refractivity contribution in [3.8, 4) is 0 Å². The summed E-state index contributed by atoms with van der Waals surface area (Å²) in [6.07, 6.45) is -0.0327. The van der Waals surface area contributed by atoms with Gasteiger partial charge in [-0.15, -0.1) is 0 Å². The number of rotatable bonds is 5. The first-order chi connectivity index (χ1) is 8.52. The lowest BCUT2D eigenvalue weighted by molar-refractivity contribution is -0.139. The molecule has 0 aliphatic rings. The topological polar surface area (TPSA) is 98.7 Å². The van der Waals surface area contributed by atoms with Crippen LogP contribution < -0.4 is 10.6 Å². The lowest BCUT2D eigenvalue weighted by Gasteiger charge is -2.14. The molecule has 6 nitrogen and oxygen atoms in total. The van der Waals surface area contributed by atoms with Crippen molar-refractivity contribution in [2.24, 2.45) is 0 Å². The van der Waals surface area contributed by atoms with Gasteiger partial charge >= 0.3 is 12.0 Å². The van der Waals surface area contributed by atoms with Gasteiger partial charge in [-0.25, -0.2) is 9.59 Å². The number of nitrogens with one attached hydrogen (secondary N) is 2. The van der Waals surface area contributed by atoms with Crippen LogP contribution in [-0.4, -0.2) is 34.9 Å². The fourth-order valence-corrected chi connectivity index (χ4v) is 1.82. The molecular weight excluding hydrogens is 351 g/mol. The molecule has 0 saturated heterocycles. The Labute approximate surface area is 118 Å². The summed E-state index contributed by atoms with van der Waals surface area (Å²) in [5.74, 6) is -1.18. The minimum atomic E-state index is -1.18. The van der Waals surface area contributed by atoms with Gasteiger partial charge in [0.1, 0.15) is 6.04 Å². The van der Waals surface area contributed by atoms with Crippen LogP contribution in [0.5, 0.6) is 0 Å². The van der Waals surface area contributed by atoms with Gasteiger partial charge in [0, 0.05) is 22.3 Å². The SMILES string of the molecule is O=C(Nc1cccc(I)c1)N[C@@H](CCO)C(=O)O. The number of amides is 2. The van der Waals surface area contributed by atoms with Gasteiger partial charge in [0.25, 0.3) is 0 Å². The normalized spacial score (nSPS) is 11.7. The number of urea groups is 1. The van der Waals surface area contributed by atoms with Crippen molar-refractivity contribution in [3.05, 3.63) is 27.8 Å². The molecule has 1 aromatic carbocycles. The van der Waals surface area contributed by atoms with E-state index in [0.717, 1.165) is 3.57 Å². The molecule has 0 saturated carbocycles. The van der Waals surface area contributed by atoms with E-state index >= 15 is 0 Å². The second-order valence-corrected chi connectivity index (χ2v) is 4.76. The number of carboxylic acids is 1. The molecule has 98 valence electrons. The minimum Gasteiger partial charge on any atom is -0.480 e. The summed E-state index contributed by atoms with van der Waals surface area (Å²) in [6, 6.07) is 5.39. The van der Waals surface area contributed by atoms with Gasteiger partial charge < -0.3 is 20.8 Å². The summed E-state index contributed by atoms with van der Waals surface area (Å²) in [6.45, 7) is -0.305. The molecule has 1 atom stereocenters. The van der Waals surface area contributed by atoms with Gasteiger partial charge in [-0.2, -0.15) is 0 Å². The second kappa shape index (κ2) is 7.17. The fraction of sp³-hybridized carbons (Fsp3) is 0.273. The summed E-state index contributed by atoms with van der Waals surface area (Å²) in [5.41, 5.74) is 0.576. The summed E-state index contributed by atoms with van der Waals surface area (Å²) >= 11 is 2.10. The first-order valence-corrected chi connectivity index (χ1v) is 6.27. The lowest BCUT2D eigenvalue weighted by atomic mass is 10.2. The number of carbonyl (C=O) groups excluding carboxylic acids is 1. The van der Waals surface area contributed by atoms with Crippen LogP contribution >= 0.6 is 22.6 Å². The number of carbonyl (C=O) groups is 2. The van der Waals surface area contributed by atoms with Crippen molar-refractivity contribution in [3.63, 3.8) is 0 Å². The van der Waals surface area contributed by atoms with Crippen LogP contribution in [0.1, 0.15) is 6.42 Å². The molecule has 0 aromatic heterocycles. The summed E-state index contributed by atoms with van der Waals surface area (Å²) < 4.78 is 0.954. The van der Waals surface area contributed by atoms with Crippen LogP contribution in [-0.2, 0) is 4.79 Å². The van der Waals surface area contributed by atoms with Crippen molar-refractivity contribution in [1.29, 1.82) is 0 Å². The molecule has 0 unspecified atom stereocenters. The highest BCUT2D eigenvalue weighted by atomic mass is 127. The van der Waals surface area contributed by atoms with Crippen LogP contribution in [0.4, 0.5) is 10.5 Å². The van der Waals surface area contributed by atoms with Gasteiger partial charge in [0.15, 0.2) is 0 Å². The predicted octanol–water partition coefficient (Wildman–Crippen LogP) is 1.25. The van der Waals surface area contributed by atoms with E-state index in [4.69, 9.17) is 10.2 Å². The Morgan fingerprint density at radius 2 is 2.11 bits per heavy atom. The molecule has 4 N–H and O–H groups in total. The number of benzene rings is 1. The zero-order chi connectivity index (χ0) is 13.5. The highest BCUT2D eigenvalue weighted by molar-refractivity contribution is 14.1. The molecule has 2 amide bonds. The third-order valence-electron chi connectivity index (χ3n) is 2.10. The number of anilines is 1. The average molecular weight is 364 g/mol. The van der Waals surface area contributed by atoms with Crippen molar-refractivity contribution in [2.45, 2.75) is 12.5 Å². The quantitative estimate of drug-likeness (QED) is 0.591. The smallest absolute Gasteiger partial charge is 0.326 e. The van der Waals surface area contributed by atoms with E-state index < -0.39 is 18.0 Å². The molecule has 0 radical (unpaired) electrons. The highest BCUT2D eigenvalue weighted by Gasteiger charge is 2.18. The number of aliphatic carboxylic acids is 1. The van der Waals surface area contributed by atoms with E-state index in [2.05, 4.69) is 33.2 Å². The maximum absolute atomic E-state index is 11.5. The van der Waals surface area contributed by atoms with Crippen LogP contribution in [0.2, 0.25) is 0 Å². The lowest BCUT2D eigenvalue weighted by Crippen LogP contribution is -2.43. The first-order valence-electron chi connectivity index (χ1n) is 5.19. The Morgan fingerprint density at radius 3 is 2.67 bits per heavy atom. The Morgan fingerprint density at radius 1 is 1.39 bits per heavy atom. The predicted molar refractivity (Wildman–Crippen MR) is 74.4 cm³/mol. The maximum Gasteiger partial charge on any atom is 0.326 e. The molecule has 1 aromatic rings. The molecule has 0 aliphatic carbocycles. The molecule has 7 heteroatoms. The highest BCUT2D eigenvalue weighted by Crippen LogP contribution is 2.12.